The molecule has 0 aliphatic heterocycles. The highest BCUT2D eigenvalue weighted by atomic mass is 16.5. The zero-order valence-electron chi connectivity index (χ0n) is 14.7. The first-order chi connectivity index (χ1) is 11.4. The number of ether oxygens (including phenoxy) is 1. The third kappa shape index (κ3) is 4.35. The molecule has 2 aromatic rings. The highest BCUT2D eigenvalue weighted by Crippen LogP contribution is 2.21. The van der Waals surface area contributed by atoms with E-state index in [1.54, 1.807) is 24.3 Å². The van der Waals surface area contributed by atoms with E-state index in [0.29, 0.717) is 12.3 Å². The third-order valence-electron chi connectivity index (χ3n) is 3.95. The van der Waals surface area contributed by atoms with Crippen molar-refractivity contribution in [1.29, 1.82) is 0 Å². The first-order valence-corrected chi connectivity index (χ1v) is 8.01. The molecule has 130 valence electrons. The maximum absolute atomic E-state index is 12.7. The van der Waals surface area contributed by atoms with Gasteiger partial charge in [0.1, 0.15) is 5.75 Å². The van der Waals surface area contributed by atoms with E-state index in [9.17, 15) is 9.90 Å². The van der Waals surface area contributed by atoms with Crippen LogP contribution in [0.4, 0.5) is 0 Å². The van der Waals surface area contributed by atoms with Crippen LogP contribution in [0.25, 0.3) is 0 Å². The Hall–Kier alpha value is -2.34. The number of hydrogen-bond donors (Lipinski definition) is 1. The molecular weight excluding hydrogens is 306 g/mol. The SMILES string of the molecule is Cc1ccc(C)c(OC(C)C(=O)N(CCO)Cc2cncn2C)c1. The van der Waals surface area contributed by atoms with Crippen LogP contribution in [0.15, 0.2) is 30.7 Å². The van der Waals surface area contributed by atoms with E-state index in [1.165, 1.54) is 0 Å². The molecule has 0 saturated carbocycles. The third-order valence-corrected chi connectivity index (χ3v) is 3.95. The summed E-state index contributed by atoms with van der Waals surface area (Å²) in [4.78, 5) is 18.4. The molecule has 1 heterocycles. The quantitative estimate of drug-likeness (QED) is 0.840. The van der Waals surface area contributed by atoms with Gasteiger partial charge in [-0.1, -0.05) is 12.1 Å². The first-order valence-electron chi connectivity index (χ1n) is 8.01. The normalized spacial score (nSPS) is 12.0. The fraction of sp³-hybridized carbons (Fsp3) is 0.444. The number of imidazole rings is 1. The Balaban J connectivity index is 2.10. The van der Waals surface area contributed by atoms with Gasteiger partial charge >= 0.3 is 0 Å². The van der Waals surface area contributed by atoms with Crippen molar-refractivity contribution in [2.75, 3.05) is 13.2 Å². The van der Waals surface area contributed by atoms with Gasteiger partial charge in [-0.25, -0.2) is 4.98 Å². The topological polar surface area (TPSA) is 67.6 Å². The molecule has 1 aromatic carbocycles. The highest BCUT2D eigenvalue weighted by Gasteiger charge is 2.23. The molecule has 0 aliphatic rings. The smallest absolute Gasteiger partial charge is 0.263 e. The van der Waals surface area contributed by atoms with E-state index < -0.39 is 6.10 Å². The molecule has 24 heavy (non-hydrogen) atoms. The van der Waals surface area contributed by atoms with Crippen molar-refractivity contribution in [3.63, 3.8) is 0 Å². The molecule has 1 N–H and O–H groups in total. The average molecular weight is 331 g/mol. The predicted molar refractivity (Wildman–Crippen MR) is 91.7 cm³/mol. The molecule has 0 bridgehead atoms. The molecule has 0 spiro atoms. The summed E-state index contributed by atoms with van der Waals surface area (Å²) >= 11 is 0. The summed E-state index contributed by atoms with van der Waals surface area (Å²) in [6.45, 7) is 6.21. The van der Waals surface area contributed by atoms with E-state index in [1.807, 2.05) is 43.7 Å². The number of amides is 1. The number of carbonyl (C=O) groups is 1. The van der Waals surface area contributed by atoms with Gasteiger partial charge in [-0.3, -0.25) is 4.79 Å². The number of aliphatic hydroxyl groups is 1. The molecular formula is C18H25N3O3. The molecule has 1 atom stereocenters. The summed E-state index contributed by atoms with van der Waals surface area (Å²) in [5, 5.41) is 9.28. The highest BCUT2D eigenvalue weighted by molar-refractivity contribution is 5.81. The number of benzene rings is 1. The molecule has 0 aliphatic carbocycles. The summed E-state index contributed by atoms with van der Waals surface area (Å²) in [5.41, 5.74) is 2.97. The summed E-state index contributed by atoms with van der Waals surface area (Å²) in [6.07, 6.45) is 2.77. The van der Waals surface area contributed by atoms with E-state index in [-0.39, 0.29) is 19.1 Å². The minimum atomic E-state index is -0.634. The van der Waals surface area contributed by atoms with Gasteiger partial charge in [-0.05, 0) is 38.0 Å². The van der Waals surface area contributed by atoms with E-state index >= 15 is 0 Å². The lowest BCUT2D eigenvalue weighted by molar-refractivity contribution is -0.139. The van der Waals surface area contributed by atoms with E-state index in [4.69, 9.17) is 4.74 Å². The van der Waals surface area contributed by atoms with Crippen LogP contribution >= 0.6 is 0 Å². The second kappa shape index (κ2) is 7.97. The molecule has 6 heteroatoms. The Labute approximate surface area is 142 Å². The summed E-state index contributed by atoms with van der Waals surface area (Å²) in [5.74, 6) is 0.548. The molecule has 0 radical (unpaired) electrons. The average Bonchev–Trinajstić information content (AvgIpc) is 2.95. The van der Waals surface area contributed by atoms with Gasteiger partial charge in [0.15, 0.2) is 6.10 Å². The maximum Gasteiger partial charge on any atom is 0.263 e. The number of aliphatic hydroxyl groups excluding tert-OH is 1. The number of rotatable bonds is 7. The van der Waals surface area contributed by atoms with E-state index in [2.05, 4.69) is 4.98 Å². The minimum Gasteiger partial charge on any atom is -0.481 e. The van der Waals surface area contributed by atoms with Crippen LogP contribution in [-0.2, 0) is 18.4 Å². The van der Waals surface area contributed by atoms with Crippen LogP contribution in [0, 0.1) is 13.8 Å². The van der Waals surface area contributed by atoms with Gasteiger partial charge in [0.05, 0.1) is 25.2 Å². The Morgan fingerprint density at radius 2 is 2.17 bits per heavy atom. The first kappa shape index (κ1) is 18.0. The number of aryl methyl sites for hydroxylation is 3. The van der Waals surface area contributed by atoms with Crippen molar-refractivity contribution in [3.8, 4) is 5.75 Å². The number of nitrogens with zero attached hydrogens (tertiary/aromatic N) is 3. The maximum atomic E-state index is 12.7. The van der Waals surface area contributed by atoms with Gasteiger partial charge in [-0.2, -0.15) is 0 Å². The zero-order valence-corrected chi connectivity index (χ0v) is 14.7. The van der Waals surface area contributed by atoms with Gasteiger partial charge in [0.25, 0.3) is 5.91 Å². The number of carbonyl (C=O) groups excluding carboxylic acids is 1. The summed E-state index contributed by atoms with van der Waals surface area (Å²) < 4.78 is 7.72. The van der Waals surface area contributed by atoms with Crippen molar-refractivity contribution >= 4 is 5.91 Å². The van der Waals surface area contributed by atoms with Crippen LogP contribution < -0.4 is 4.74 Å². The molecule has 1 unspecified atom stereocenters. The molecule has 1 aromatic heterocycles. The fourth-order valence-electron chi connectivity index (χ4n) is 2.45. The van der Waals surface area contributed by atoms with Crippen LogP contribution in [0.3, 0.4) is 0 Å². The van der Waals surface area contributed by atoms with Gasteiger partial charge in [0, 0.05) is 19.8 Å². The lowest BCUT2D eigenvalue weighted by atomic mass is 10.1. The lowest BCUT2D eigenvalue weighted by Crippen LogP contribution is -2.41. The molecule has 0 saturated heterocycles. The van der Waals surface area contributed by atoms with Crippen molar-refractivity contribution in [3.05, 3.63) is 47.5 Å². The van der Waals surface area contributed by atoms with Gasteiger partial charge in [0.2, 0.25) is 0 Å². The van der Waals surface area contributed by atoms with Gasteiger partial charge < -0.3 is 19.3 Å². The van der Waals surface area contributed by atoms with Crippen molar-refractivity contribution < 1.29 is 14.6 Å². The predicted octanol–water partition coefficient (Wildman–Crippen LogP) is 1.83. The lowest BCUT2D eigenvalue weighted by Gasteiger charge is -2.26. The molecule has 2 rings (SSSR count). The number of aromatic nitrogens is 2. The van der Waals surface area contributed by atoms with Crippen molar-refractivity contribution in [2.24, 2.45) is 7.05 Å². The minimum absolute atomic E-state index is 0.0974. The van der Waals surface area contributed by atoms with Gasteiger partial charge in [-0.15, -0.1) is 0 Å². The second-order valence-electron chi connectivity index (χ2n) is 6.01. The number of hydrogen-bond acceptors (Lipinski definition) is 4. The Morgan fingerprint density at radius 1 is 1.42 bits per heavy atom. The zero-order chi connectivity index (χ0) is 17.7. The summed E-state index contributed by atoms with van der Waals surface area (Å²) in [7, 11) is 1.87. The van der Waals surface area contributed by atoms with Crippen molar-refractivity contribution in [2.45, 2.75) is 33.4 Å². The monoisotopic (exact) mass is 331 g/mol. The second-order valence-corrected chi connectivity index (χ2v) is 6.01. The van der Waals surface area contributed by atoms with Crippen molar-refractivity contribution in [1.82, 2.24) is 14.5 Å². The van der Waals surface area contributed by atoms with Crippen LogP contribution in [-0.4, -0.2) is 44.7 Å². The molecule has 1 amide bonds. The molecule has 0 fully saturated rings. The Kier molecular flexibility index (Phi) is 5.98. The van der Waals surface area contributed by atoms with E-state index in [0.717, 1.165) is 16.8 Å². The Bertz CT molecular complexity index is 697. The Morgan fingerprint density at radius 3 is 2.79 bits per heavy atom. The fourth-order valence-corrected chi connectivity index (χ4v) is 2.45. The standard InChI is InChI=1S/C18H25N3O3/c1-13-5-6-14(2)17(9-13)24-15(3)18(23)21(7-8-22)11-16-10-19-12-20(16)4/h5-6,9-10,12,15,22H,7-8,11H2,1-4H3. The largest absolute Gasteiger partial charge is 0.481 e. The summed E-state index contributed by atoms with van der Waals surface area (Å²) in [6, 6.07) is 5.91. The molecule has 6 nitrogen and oxygen atoms in total. The van der Waals surface area contributed by atoms with Crippen LogP contribution in [0.5, 0.6) is 5.75 Å². The van der Waals surface area contributed by atoms with Crippen LogP contribution in [0.2, 0.25) is 0 Å². The van der Waals surface area contributed by atoms with Crippen LogP contribution in [0.1, 0.15) is 23.7 Å².